The molecule has 4 rings (SSSR count). The summed E-state index contributed by atoms with van der Waals surface area (Å²) in [6.45, 7) is 0. The number of hydrogen-bond donors (Lipinski definition) is 0. The molecule has 0 aliphatic carbocycles. The second kappa shape index (κ2) is 6.91. The summed E-state index contributed by atoms with van der Waals surface area (Å²) in [6.07, 6.45) is 0. The second-order valence-corrected chi connectivity index (χ2v) is 6.95. The average molecular weight is 350 g/mol. The zero-order valence-corrected chi connectivity index (χ0v) is 14.3. The molecule has 4 aromatic rings. The van der Waals surface area contributed by atoms with Crippen LogP contribution >= 0.6 is 22.7 Å². The first-order chi connectivity index (χ1) is 11.9. The summed E-state index contributed by atoms with van der Waals surface area (Å²) < 4.78 is 11.7. The van der Waals surface area contributed by atoms with Gasteiger partial charge in [-0.1, -0.05) is 36.4 Å². The highest BCUT2D eigenvalue weighted by molar-refractivity contribution is 7.20. The van der Waals surface area contributed by atoms with Gasteiger partial charge in [0.25, 0.3) is 0 Å². The molecule has 0 saturated heterocycles. The van der Waals surface area contributed by atoms with Crippen LogP contribution in [0.3, 0.4) is 0 Å². The molecule has 0 saturated carbocycles. The average Bonchev–Trinajstić information content (AvgIpc) is 3.26. The van der Waals surface area contributed by atoms with Gasteiger partial charge in [0.15, 0.2) is 0 Å². The molecule has 118 valence electrons. The first-order valence-electron chi connectivity index (χ1n) is 7.50. The van der Waals surface area contributed by atoms with Gasteiger partial charge in [-0.15, -0.1) is 22.7 Å². The molecule has 2 nitrogen and oxygen atoms in total. The molecule has 0 unspecified atom stereocenters. The molecule has 0 fully saturated rings. The highest BCUT2D eigenvalue weighted by Crippen LogP contribution is 2.39. The van der Waals surface area contributed by atoms with Crippen LogP contribution < -0.4 is 9.47 Å². The monoisotopic (exact) mass is 350 g/mol. The fourth-order valence-corrected chi connectivity index (χ4v) is 3.98. The molecule has 0 amide bonds. The molecule has 4 heteroatoms. The van der Waals surface area contributed by atoms with E-state index in [0.29, 0.717) is 0 Å². The lowest BCUT2D eigenvalue weighted by atomic mass is 10.3. The molecular formula is C20H14O2S2. The Morgan fingerprint density at radius 1 is 0.500 bits per heavy atom. The van der Waals surface area contributed by atoms with E-state index in [1.165, 1.54) is 9.75 Å². The van der Waals surface area contributed by atoms with Crippen molar-refractivity contribution in [3.8, 4) is 32.8 Å². The van der Waals surface area contributed by atoms with Crippen molar-refractivity contribution in [1.82, 2.24) is 0 Å². The normalized spacial score (nSPS) is 10.5. The molecule has 0 radical (unpaired) electrons. The van der Waals surface area contributed by atoms with Crippen molar-refractivity contribution in [2.24, 2.45) is 0 Å². The summed E-state index contributed by atoms with van der Waals surface area (Å²) in [5, 5.41) is 4.06. The predicted molar refractivity (Wildman–Crippen MR) is 101 cm³/mol. The van der Waals surface area contributed by atoms with E-state index in [0.717, 1.165) is 23.0 Å². The summed E-state index contributed by atoms with van der Waals surface area (Å²) in [5.41, 5.74) is 0. The van der Waals surface area contributed by atoms with E-state index in [9.17, 15) is 0 Å². The van der Waals surface area contributed by atoms with Gasteiger partial charge < -0.3 is 9.47 Å². The van der Waals surface area contributed by atoms with Crippen LogP contribution in [0.4, 0.5) is 0 Å². The van der Waals surface area contributed by atoms with Gasteiger partial charge in [-0.25, -0.2) is 0 Å². The predicted octanol–water partition coefficient (Wildman–Crippen LogP) is 7.06. The maximum atomic E-state index is 5.87. The number of para-hydroxylation sites is 2. The summed E-state index contributed by atoms with van der Waals surface area (Å²) in [7, 11) is 0. The molecule has 0 aliphatic rings. The lowest BCUT2D eigenvalue weighted by molar-refractivity contribution is 0.484. The number of ether oxygens (including phenoxy) is 2. The third-order valence-electron chi connectivity index (χ3n) is 3.35. The Morgan fingerprint density at radius 3 is 1.33 bits per heavy atom. The van der Waals surface area contributed by atoms with Crippen molar-refractivity contribution in [2.75, 3.05) is 0 Å². The second-order valence-electron chi connectivity index (χ2n) is 5.12. The Bertz CT molecular complexity index is 833. The summed E-state index contributed by atoms with van der Waals surface area (Å²) in [5.74, 6) is 3.42. The van der Waals surface area contributed by atoms with E-state index < -0.39 is 0 Å². The van der Waals surface area contributed by atoms with Crippen LogP contribution in [0.1, 0.15) is 0 Å². The Kier molecular flexibility index (Phi) is 4.32. The van der Waals surface area contributed by atoms with Gasteiger partial charge in [0.1, 0.15) is 23.0 Å². The zero-order chi connectivity index (χ0) is 16.2. The lowest BCUT2D eigenvalue weighted by Gasteiger charge is -2.01. The van der Waals surface area contributed by atoms with Gasteiger partial charge in [-0.3, -0.25) is 0 Å². The van der Waals surface area contributed by atoms with E-state index >= 15 is 0 Å². The minimum absolute atomic E-state index is 0.848. The number of benzene rings is 2. The van der Waals surface area contributed by atoms with Crippen LogP contribution in [0.25, 0.3) is 9.75 Å². The van der Waals surface area contributed by atoms with E-state index in [1.807, 2.05) is 71.4 Å². The third-order valence-corrected chi connectivity index (χ3v) is 5.36. The smallest absolute Gasteiger partial charge is 0.138 e. The maximum Gasteiger partial charge on any atom is 0.138 e. The van der Waals surface area contributed by atoms with E-state index in [4.69, 9.17) is 9.47 Å². The van der Waals surface area contributed by atoms with Crippen molar-refractivity contribution < 1.29 is 9.47 Å². The SMILES string of the molecule is c1ccc(Oc2csc(-c3cc(Oc4ccccc4)cs3)c2)cc1. The highest BCUT2D eigenvalue weighted by atomic mass is 32.1. The molecule has 0 aliphatic heterocycles. The quantitative estimate of drug-likeness (QED) is 0.383. The maximum absolute atomic E-state index is 5.87. The van der Waals surface area contributed by atoms with E-state index in [-0.39, 0.29) is 0 Å². The minimum Gasteiger partial charge on any atom is -0.456 e. The van der Waals surface area contributed by atoms with Crippen LogP contribution in [0.15, 0.2) is 83.6 Å². The van der Waals surface area contributed by atoms with Crippen LogP contribution in [-0.4, -0.2) is 0 Å². The van der Waals surface area contributed by atoms with Gasteiger partial charge in [0, 0.05) is 32.6 Å². The topological polar surface area (TPSA) is 18.5 Å². The lowest BCUT2D eigenvalue weighted by Crippen LogP contribution is -1.80. The number of thiophene rings is 2. The Morgan fingerprint density at radius 2 is 0.917 bits per heavy atom. The van der Waals surface area contributed by atoms with Crippen molar-refractivity contribution in [3.05, 3.63) is 83.6 Å². The Balaban J connectivity index is 1.49. The summed E-state index contributed by atoms with van der Waals surface area (Å²) in [6, 6.07) is 23.8. The van der Waals surface area contributed by atoms with Crippen molar-refractivity contribution in [3.63, 3.8) is 0 Å². The zero-order valence-electron chi connectivity index (χ0n) is 12.7. The van der Waals surface area contributed by atoms with Crippen LogP contribution in [0, 0.1) is 0 Å². The molecule has 0 atom stereocenters. The third kappa shape index (κ3) is 3.50. The molecule has 0 spiro atoms. The van der Waals surface area contributed by atoms with Crippen molar-refractivity contribution >= 4 is 22.7 Å². The van der Waals surface area contributed by atoms with Crippen molar-refractivity contribution in [1.29, 1.82) is 0 Å². The number of hydrogen-bond acceptors (Lipinski definition) is 4. The van der Waals surface area contributed by atoms with Gasteiger partial charge in [0.05, 0.1) is 0 Å². The summed E-state index contributed by atoms with van der Waals surface area (Å²) >= 11 is 3.34. The molecular weight excluding hydrogens is 336 g/mol. The van der Waals surface area contributed by atoms with Crippen LogP contribution in [-0.2, 0) is 0 Å². The van der Waals surface area contributed by atoms with E-state index in [1.54, 1.807) is 22.7 Å². The fourth-order valence-electron chi connectivity index (χ4n) is 2.25. The first-order valence-corrected chi connectivity index (χ1v) is 9.26. The van der Waals surface area contributed by atoms with Gasteiger partial charge in [-0.05, 0) is 24.3 Å². The molecule has 2 aromatic heterocycles. The van der Waals surface area contributed by atoms with Crippen molar-refractivity contribution in [2.45, 2.75) is 0 Å². The largest absolute Gasteiger partial charge is 0.456 e. The molecule has 0 N–H and O–H groups in total. The molecule has 2 aromatic carbocycles. The van der Waals surface area contributed by atoms with E-state index in [2.05, 4.69) is 12.1 Å². The van der Waals surface area contributed by atoms with Gasteiger partial charge in [-0.2, -0.15) is 0 Å². The highest BCUT2D eigenvalue weighted by Gasteiger charge is 2.08. The number of rotatable bonds is 5. The Hall–Kier alpha value is -2.56. The minimum atomic E-state index is 0.848. The standard InChI is InChI=1S/C20H14O2S2/c1-3-7-15(8-4-1)21-17-11-19(23-13-17)20-12-18(14-24-20)22-16-9-5-2-6-10-16/h1-14H. The van der Waals surface area contributed by atoms with Gasteiger partial charge >= 0.3 is 0 Å². The molecule has 0 bridgehead atoms. The van der Waals surface area contributed by atoms with Gasteiger partial charge in [0.2, 0.25) is 0 Å². The Labute approximate surface area is 148 Å². The van der Waals surface area contributed by atoms with Crippen LogP contribution in [0.2, 0.25) is 0 Å². The van der Waals surface area contributed by atoms with Crippen LogP contribution in [0.5, 0.6) is 23.0 Å². The first kappa shape index (κ1) is 15.0. The summed E-state index contributed by atoms with van der Waals surface area (Å²) in [4.78, 5) is 2.35. The fraction of sp³-hybridized carbons (Fsp3) is 0. The molecule has 24 heavy (non-hydrogen) atoms. The molecule has 2 heterocycles.